The maximum atomic E-state index is 12.9. The predicted octanol–water partition coefficient (Wildman–Crippen LogP) is 1.97. The van der Waals surface area contributed by atoms with Crippen molar-refractivity contribution in [2.45, 2.75) is 38.5 Å². The molecule has 0 saturated heterocycles. The van der Waals surface area contributed by atoms with Gasteiger partial charge < -0.3 is 15.0 Å². The summed E-state index contributed by atoms with van der Waals surface area (Å²) in [5.41, 5.74) is 0.828. The van der Waals surface area contributed by atoms with E-state index in [-0.39, 0.29) is 5.82 Å². The summed E-state index contributed by atoms with van der Waals surface area (Å²) < 4.78 is 15.2. The lowest BCUT2D eigenvalue weighted by molar-refractivity contribution is 0.0564. The molecule has 2 heterocycles. The second-order valence-corrected chi connectivity index (χ2v) is 5.81. The predicted molar refractivity (Wildman–Crippen MR) is 78.2 cm³/mol. The molecule has 0 aliphatic carbocycles. The number of hydrogen-bond acceptors (Lipinski definition) is 3. The SMILES string of the molecule is CC(O)(CNCc1cnc2n1CCC2)c1ccc(F)cc1. The summed E-state index contributed by atoms with van der Waals surface area (Å²) in [6.45, 7) is 3.83. The van der Waals surface area contributed by atoms with Gasteiger partial charge in [-0.05, 0) is 31.0 Å². The Balaban J connectivity index is 1.60. The van der Waals surface area contributed by atoms with E-state index in [1.165, 1.54) is 12.1 Å². The molecule has 4 nitrogen and oxygen atoms in total. The second kappa shape index (κ2) is 5.58. The minimum Gasteiger partial charge on any atom is -0.384 e. The van der Waals surface area contributed by atoms with Crippen LogP contribution in [0.5, 0.6) is 0 Å². The first-order valence-electron chi connectivity index (χ1n) is 7.29. The molecule has 0 radical (unpaired) electrons. The molecule has 1 atom stereocenters. The van der Waals surface area contributed by atoms with Crippen LogP contribution in [0.2, 0.25) is 0 Å². The molecule has 0 bridgehead atoms. The highest BCUT2D eigenvalue weighted by Gasteiger charge is 2.23. The third-order valence-corrected chi connectivity index (χ3v) is 4.04. The van der Waals surface area contributed by atoms with Crippen molar-refractivity contribution in [1.29, 1.82) is 0 Å². The van der Waals surface area contributed by atoms with Gasteiger partial charge in [-0.15, -0.1) is 0 Å². The van der Waals surface area contributed by atoms with E-state index in [1.807, 2.05) is 6.20 Å². The van der Waals surface area contributed by atoms with Crippen LogP contribution in [0.1, 0.15) is 30.4 Å². The Kier molecular flexibility index (Phi) is 3.78. The quantitative estimate of drug-likeness (QED) is 0.885. The Morgan fingerprint density at radius 3 is 2.90 bits per heavy atom. The summed E-state index contributed by atoms with van der Waals surface area (Å²) in [7, 11) is 0. The first-order chi connectivity index (χ1) is 10.1. The van der Waals surface area contributed by atoms with E-state index in [2.05, 4.69) is 14.9 Å². The standard InChI is InChI=1S/C16H20FN3O/c1-16(21,12-4-6-13(17)7-5-12)11-18-9-14-10-19-15-3-2-8-20(14)15/h4-7,10,18,21H,2-3,8-9,11H2,1H3. The molecule has 112 valence electrons. The number of fused-ring (bicyclic) bond motifs is 1. The summed E-state index contributed by atoms with van der Waals surface area (Å²) in [5.74, 6) is 0.856. The topological polar surface area (TPSA) is 50.1 Å². The van der Waals surface area contributed by atoms with E-state index in [0.717, 1.165) is 30.9 Å². The Labute approximate surface area is 123 Å². The van der Waals surface area contributed by atoms with Gasteiger partial charge in [0.05, 0.1) is 11.3 Å². The number of nitrogens with one attached hydrogen (secondary N) is 1. The van der Waals surface area contributed by atoms with Crippen molar-refractivity contribution in [1.82, 2.24) is 14.9 Å². The van der Waals surface area contributed by atoms with Gasteiger partial charge in [0.2, 0.25) is 0 Å². The summed E-state index contributed by atoms with van der Waals surface area (Å²) in [5, 5.41) is 13.8. The number of aryl methyl sites for hydroxylation is 1. The molecule has 1 aromatic carbocycles. The summed E-state index contributed by atoms with van der Waals surface area (Å²) in [6, 6.07) is 5.97. The van der Waals surface area contributed by atoms with E-state index >= 15 is 0 Å². The molecule has 5 heteroatoms. The van der Waals surface area contributed by atoms with Crippen molar-refractivity contribution in [3.8, 4) is 0 Å². The average Bonchev–Trinajstić information content (AvgIpc) is 3.04. The number of aromatic nitrogens is 2. The highest BCUT2D eigenvalue weighted by Crippen LogP contribution is 2.20. The molecule has 21 heavy (non-hydrogen) atoms. The minimum absolute atomic E-state index is 0.294. The van der Waals surface area contributed by atoms with Crippen LogP contribution in [-0.4, -0.2) is 21.2 Å². The summed E-state index contributed by atoms with van der Waals surface area (Å²) in [4.78, 5) is 4.40. The van der Waals surface area contributed by atoms with Crippen LogP contribution in [0.3, 0.4) is 0 Å². The number of aliphatic hydroxyl groups is 1. The van der Waals surface area contributed by atoms with E-state index in [9.17, 15) is 9.50 Å². The zero-order chi connectivity index (χ0) is 14.9. The van der Waals surface area contributed by atoms with E-state index in [4.69, 9.17) is 0 Å². The lowest BCUT2D eigenvalue weighted by atomic mass is 9.96. The van der Waals surface area contributed by atoms with Crippen molar-refractivity contribution in [2.75, 3.05) is 6.54 Å². The molecule has 2 N–H and O–H groups in total. The number of nitrogens with zero attached hydrogens (tertiary/aromatic N) is 2. The molecule has 1 aromatic heterocycles. The Morgan fingerprint density at radius 1 is 1.38 bits per heavy atom. The molecular weight excluding hydrogens is 269 g/mol. The molecule has 1 aliphatic heterocycles. The van der Waals surface area contributed by atoms with Crippen molar-refractivity contribution in [3.05, 3.63) is 53.4 Å². The van der Waals surface area contributed by atoms with Gasteiger partial charge in [0.1, 0.15) is 11.6 Å². The van der Waals surface area contributed by atoms with Gasteiger partial charge in [-0.25, -0.2) is 9.37 Å². The van der Waals surface area contributed by atoms with Crippen LogP contribution < -0.4 is 5.32 Å². The first-order valence-corrected chi connectivity index (χ1v) is 7.29. The minimum atomic E-state index is -1.03. The maximum Gasteiger partial charge on any atom is 0.123 e. The van der Waals surface area contributed by atoms with Crippen molar-refractivity contribution in [2.24, 2.45) is 0 Å². The molecule has 2 aromatic rings. The fourth-order valence-corrected chi connectivity index (χ4v) is 2.81. The van der Waals surface area contributed by atoms with Crippen LogP contribution in [0.4, 0.5) is 4.39 Å². The molecule has 0 spiro atoms. The number of benzene rings is 1. The van der Waals surface area contributed by atoms with Gasteiger partial charge >= 0.3 is 0 Å². The third-order valence-electron chi connectivity index (χ3n) is 4.04. The van der Waals surface area contributed by atoms with Crippen molar-refractivity contribution < 1.29 is 9.50 Å². The van der Waals surface area contributed by atoms with Crippen LogP contribution >= 0.6 is 0 Å². The smallest absolute Gasteiger partial charge is 0.123 e. The van der Waals surface area contributed by atoms with Gasteiger partial charge in [-0.2, -0.15) is 0 Å². The van der Waals surface area contributed by atoms with Crippen molar-refractivity contribution >= 4 is 0 Å². The monoisotopic (exact) mass is 289 g/mol. The van der Waals surface area contributed by atoms with Crippen LogP contribution in [0, 0.1) is 5.82 Å². The van der Waals surface area contributed by atoms with E-state index in [1.54, 1.807) is 19.1 Å². The molecule has 3 rings (SSSR count). The Bertz CT molecular complexity index is 619. The molecular formula is C16H20FN3O. The Morgan fingerprint density at radius 2 is 2.14 bits per heavy atom. The normalized spacial score (nSPS) is 16.7. The van der Waals surface area contributed by atoms with Gasteiger partial charge in [-0.1, -0.05) is 12.1 Å². The fourth-order valence-electron chi connectivity index (χ4n) is 2.81. The zero-order valence-electron chi connectivity index (χ0n) is 12.1. The number of imidazole rings is 1. The van der Waals surface area contributed by atoms with E-state index in [0.29, 0.717) is 18.7 Å². The summed E-state index contributed by atoms with van der Waals surface area (Å²) in [6.07, 6.45) is 4.10. The lowest BCUT2D eigenvalue weighted by Crippen LogP contribution is -2.35. The van der Waals surface area contributed by atoms with Gasteiger partial charge in [-0.3, -0.25) is 0 Å². The summed E-state index contributed by atoms with van der Waals surface area (Å²) >= 11 is 0. The molecule has 0 saturated carbocycles. The third kappa shape index (κ3) is 2.99. The molecule has 1 unspecified atom stereocenters. The van der Waals surface area contributed by atoms with Crippen molar-refractivity contribution in [3.63, 3.8) is 0 Å². The maximum absolute atomic E-state index is 12.9. The van der Waals surface area contributed by atoms with Gasteiger partial charge in [0.15, 0.2) is 0 Å². The van der Waals surface area contributed by atoms with Gasteiger partial charge in [0, 0.05) is 32.3 Å². The van der Waals surface area contributed by atoms with Gasteiger partial charge in [0.25, 0.3) is 0 Å². The second-order valence-electron chi connectivity index (χ2n) is 5.81. The number of halogens is 1. The van der Waals surface area contributed by atoms with Crippen LogP contribution in [0.25, 0.3) is 0 Å². The lowest BCUT2D eigenvalue weighted by Gasteiger charge is -2.24. The highest BCUT2D eigenvalue weighted by molar-refractivity contribution is 5.22. The average molecular weight is 289 g/mol. The number of hydrogen-bond donors (Lipinski definition) is 2. The van der Waals surface area contributed by atoms with E-state index < -0.39 is 5.60 Å². The zero-order valence-corrected chi connectivity index (χ0v) is 12.1. The first kappa shape index (κ1) is 14.2. The Hall–Kier alpha value is -1.72. The molecule has 0 fully saturated rings. The van der Waals surface area contributed by atoms with Crippen LogP contribution in [-0.2, 0) is 25.1 Å². The molecule has 1 aliphatic rings. The largest absolute Gasteiger partial charge is 0.384 e. The highest BCUT2D eigenvalue weighted by atomic mass is 19.1. The molecule has 0 amide bonds. The van der Waals surface area contributed by atoms with Crippen LogP contribution in [0.15, 0.2) is 30.5 Å². The fraction of sp³-hybridized carbons (Fsp3) is 0.438. The number of rotatable bonds is 5.